The van der Waals surface area contributed by atoms with Gasteiger partial charge in [0.25, 0.3) is 11.8 Å². The largest absolute Gasteiger partial charge is 0.481 e. The van der Waals surface area contributed by atoms with E-state index < -0.39 is 5.97 Å². The molecule has 0 aliphatic carbocycles. The SMILES string of the molecule is CCCc1ccc(C(=O)Nc2ccc(C(=O)N3CCC(C(=O)O)CC3)cc2)cc1. The molecular formula is C23H26N2O4. The molecule has 0 unspecified atom stereocenters. The number of piperidine rings is 1. The van der Waals surface area contributed by atoms with Gasteiger partial charge in [0.1, 0.15) is 0 Å². The summed E-state index contributed by atoms with van der Waals surface area (Å²) >= 11 is 0. The summed E-state index contributed by atoms with van der Waals surface area (Å²) in [6, 6.07) is 14.4. The summed E-state index contributed by atoms with van der Waals surface area (Å²) in [5, 5.41) is 11.9. The highest BCUT2D eigenvalue weighted by molar-refractivity contribution is 6.04. The molecule has 3 rings (SSSR count). The van der Waals surface area contributed by atoms with Crippen molar-refractivity contribution in [2.75, 3.05) is 18.4 Å². The maximum absolute atomic E-state index is 12.6. The van der Waals surface area contributed by atoms with Crippen molar-refractivity contribution in [1.82, 2.24) is 4.90 Å². The summed E-state index contributed by atoms with van der Waals surface area (Å²) in [6.45, 7) is 3.01. The molecule has 152 valence electrons. The van der Waals surface area contributed by atoms with Gasteiger partial charge in [0, 0.05) is 29.9 Å². The lowest BCUT2D eigenvalue weighted by Crippen LogP contribution is -2.40. The summed E-state index contributed by atoms with van der Waals surface area (Å²) in [5.41, 5.74) is 2.94. The summed E-state index contributed by atoms with van der Waals surface area (Å²) in [5.74, 6) is -1.47. The standard InChI is InChI=1S/C23H26N2O4/c1-2-3-16-4-6-17(7-5-16)21(26)24-20-10-8-18(9-11-20)22(27)25-14-12-19(13-15-25)23(28)29/h4-11,19H,2-3,12-15H2,1H3,(H,24,26)(H,28,29). The Balaban J connectivity index is 1.57. The number of carbonyl (C=O) groups is 3. The van der Waals surface area contributed by atoms with E-state index in [0.29, 0.717) is 42.7 Å². The maximum Gasteiger partial charge on any atom is 0.306 e. The summed E-state index contributed by atoms with van der Waals surface area (Å²) in [7, 11) is 0. The number of carboxylic acid groups (broad SMARTS) is 1. The molecule has 0 radical (unpaired) electrons. The van der Waals surface area contributed by atoms with Crippen LogP contribution < -0.4 is 5.32 Å². The highest BCUT2D eigenvalue weighted by Crippen LogP contribution is 2.20. The number of nitrogens with one attached hydrogen (secondary N) is 1. The van der Waals surface area contributed by atoms with Crippen LogP contribution >= 0.6 is 0 Å². The van der Waals surface area contributed by atoms with E-state index >= 15 is 0 Å². The number of hydrogen-bond donors (Lipinski definition) is 2. The van der Waals surface area contributed by atoms with Crippen molar-refractivity contribution < 1.29 is 19.5 Å². The zero-order valence-corrected chi connectivity index (χ0v) is 16.6. The van der Waals surface area contributed by atoms with Crippen molar-refractivity contribution in [3.63, 3.8) is 0 Å². The van der Waals surface area contributed by atoms with Gasteiger partial charge in [-0.05, 0) is 61.2 Å². The third-order valence-electron chi connectivity index (χ3n) is 5.28. The zero-order chi connectivity index (χ0) is 20.8. The predicted molar refractivity (Wildman–Crippen MR) is 111 cm³/mol. The molecule has 2 N–H and O–H groups in total. The molecular weight excluding hydrogens is 368 g/mol. The minimum Gasteiger partial charge on any atom is -0.481 e. The molecule has 2 aromatic rings. The maximum atomic E-state index is 12.6. The topological polar surface area (TPSA) is 86.7 Å². The Hall–Kier alpha value is -3.15. The molecule has 6 heteroatoms. The lowest BCUT2D eigenvalue weighted by atomic mass is 9.96. The Morgan fingerprint density at radius 3 is 2.10 bits per heavy atom. The smallest absolute Gasteiger partial charge is 0.306 e. The molecule has 2 amide bonds. The van der Waals surface area contributed by atoms with E-state index in [1.165, 1.54) is 5.56 Å². The first-order chi connectivity index (χ1) is 14.0. The number of nitrogens with zero attached hydrogens (tertiary/aromatic N) is 1. The van der Waals surface area contributed by atoms with Crippen LogP contribution in [0.15, 0.2) is 48.5 Å². The Labute approximate surface area is 170 Å². The number of benzene rings is 2. The molecule has 0 saturated carbocycles. The van der Waals surface area contributed by atoms with Gasteiger partial charge in [-0.2, -0.15) is 0 Å². The summed E-state index contributed by atoms with van der Waals surface area (Å²) in [4.78, 5) is 37.7. The number of carbonyl (C=O) groups excluding carboxylic acids is 2. The van der Waals surface area contributed by atoms with Crippen molar-refractivity contribution >= 4 is 23.5 Å². The zero-order valence-electron chi connectivity index (χ0n) is 16.6. The molecule has 2 aromatic carbocycles. The fraction of sp³-hybridized carbons (Fsp3) is 0.348. The lowest BCUT2D eigenvalue weighted by Gasteiger charge is -2.30. The molecule has 1 saturated heterocycles. The molecule has 1 aliphatic rings. The molecule has 6 nitrogen and oxygen atoms in total. The fourth-order valence-electron chi connectivity index (χ4n) is 3.52. The average Bonchev–Trinajstić information content (AvgIpc) is 2.74. The van der Waals surface area contributed by atoms with Crippen LogP contribution in [0, 0.1) is 5.92 Å². The van der Waals surface area contributed by atoms with E-state index in [9.17, 15) is 14.4 Å². The number of rotatable bonds is 6. The van der Waals surface area contributed by atoms with Gasteiger partial charge in [0.2, 0.25) is 0 Å². The van der Waals surface area contributed by atoms with Crippen LogP contribution in [0.2, 0.25) is 0 Å². The Kier molecular flexibility index (Phi) is 6.65. The van der Waals surface area contributed by atoms with Crippen LogP contribution in [0.25, 0.3) is 0 Å². The molecule has 1 heterocycles. The minimum absolute atomic E-state index is 0.113. The number of hydrogen-bond acceptors (Lipinski definition) is 3. The third-order valence-corrected chi connectivity index (χ3v) is 5.28. The third kappa shape index (κ3) is 5.22. The van der Waals surface area contributed by atoms with Crippen LogP contribution in [-0.4, -0.2) is 40.9 Å². The van der Waals surface area contributed by atoms with Crippen molar-refractivity contribution in [3.05, 3.63) is 65.2 Å². The Bertz CT molecular complexity index is 867. The van der Waals surface area contributed by atoms with Crippen LogP contribution in [0.1, 0.15) is 52.5 Å². The number of carboxylic acids is 1. The van der Waals surface area contributed by atoms with Gasteiger partial charge < -0.3 is 15.3 Å². The van der Waals surface area contributed by atoms with Gasteiger partial charge in [0.15, 0.2) is 0 Å². The number of aryl methyl sites for hydroxylation is 1. The van der Waals surface area contributed by atoms with E-state index in [4.69, 9.17) is 5.11 Å². The molecule has 0 bridgehead atoms. The van der Waals surface area contributed by atoms with Crippen LogP contribution in [0.5, 0.6) is 0 Å². The number of anilines is 1. The fourth-order valence-corrected chi connectivity index (χ4v) is 3.52. The molecule has 1 fully saturated rings. The second-order valence-electron chi connectivity index (χ2n) is 7.38. The quantitative estimate of drug-likeness (QED) is 0.780. The molecule has 1 aliphatic heterocycles. The van der Waals surface area contributed by atoms with Crippen LogP contribution in [0.3, 0.4) is 0 Å². The normalized spacial score (nSPS) is 14.4. The van der Waals surface area contributed by atoms with Gasteiger partial charge in [-0.15, -0.1) is 0 Å². The Morgan fingerprint density at radius 1 is 0.966 bits per heavy atom. The van der Waals surface area contributed by atoms with Gasteiger partial charge in [-0.1, -0.05) is 25.5 Å². The van der Waals surface area contributed by atoms with E-state index in [0.717, 1.165) is 12.8 Å². The molecule has 0 aromatic heterocycles. The highest BCUT2D eigenvalue weighted by Gasteiger charge is 2.27. The predicted octanol–water partition coefficient (Wildman–Crippen LogP) is 3.83. The molecule has 29 heavy (non-hydrogen) atoms. The molecule has 0 atom stereocenters. The average molecular weight is 394 g/mol. The van der Waals surface area contributed by atoms with Gasteiger partial charge in [-0.3, -0.25) is 14.4 Å². The van der Waals surface area contributed by atoms with Gasteiger partial charge >= 0.3 is 5.97 Å². The minimum atomic E-state index is -0.794. The number of amides is 2. The van der Waals surface area contributed by atoms with E-state index in [1.807, 2.05) is 24.3 Å². The number of likely N-dealkylation sites (tertiary alicyclic amines) is 1. The van der Waals surface area contributed by atoms with E-state index in [-0.39, 0.29) is 17.7 Å². The van der Waals surface area contributed by atoms with Crippen molar-refractivity contribution in [2.45, 2.75) is 32.6 Å². The molecule has 0 spiro atoms. The van der Waals surface area contributed by atoms with Crippen molar-refractivity contribution in [1.29, 1.82) is 0 Å². The lowest BCUT2D eigenvalue weighted by molar-refractivity contribution is -0.143. The first kappa shape index (κ1) is 20.6. The van der Waals surface area contributed by atoms with E-state index in [1.54, 1.807) is 29.2 Å². The van der Waals surface area contributed by atoms with Crippen molar-refractivity contribution in [2.24, 2.45) is 5.92 Å². The summed E-state index contributed by atoms with van der Waals surface area (Å²) in [6.07, 6.45) is 3.01. The second kappa shape index (κ2) is 9.37. The van der Waals surface area contributed by atoms with Crippen LogP contribution in [-0.2, 0) is 11.2 Å². The summed E-state index contributed by atoms with van der Waals surface area (Å²) < 4.78 is 0. The van der Waals surface area contributed by atoms with Crippen LogP contribution in [0.4, 0.5) is 5.69 Å². The number of aliphatic carboxylic acids is 1. The van der Waals surface area contributed by atoms with E-state index in [2.05, 4.69) is 12.2 Å². The monoisotopic (exact) mass is 394 g/mol. The Morgan fingerprint density at radius 2 is 1.55 bits per heavy atom. The highest BCUT2D eigenvalue weighted by atomic mass is 16.4. The first-order valence-electron chi connectivity index (χ1n) is 10.0. The van der Waals surface area contributed by atoms with Gasteiger partial charge in [-0.25, -0.2) is 0 Å². The first-order valence-corrected chi connectivity index (χ1v) is 10.0. The van der Waals surface area contributed by atoms with Crippen molar-refractivity contribution in [3.8, 4) is 0 Å². The van der Waals surface area contributed by atoms with Gasteiger partial charge in [0.05, 0.1) is 5.92 Å². The second-order valence-corrected chi connectivity index (χ2v) is 7.38.